The van der Waals surface area contributed by atoms with Crippen LogP contribution in [0.2, 0.25) is 0 Å². The van der Waals surface area contributed by atoms with Crippen molar-refractivity contribution in [2.75, 3.05) is 17.7 Å². The second-order valence-electron chi connectivity index (χ2n) is 5.71. The Morgan fingerprint density at radius 1 is 1.25 bits per heavy atom. The van der Waals surface area contributed by atoms with Gasteiger partial charge in [-0.1, -0.05) is 44.2 Å². The molecular formula is C18H25N5O. The molecule has 6 nitrogen and oxygen atoms in total. The quantitative estimate of drug-likeness (QED) is 0.685. The van der Waals surface area contributed by atoms with Gasteiger partial charge in [0.1, 0.15) is 11.6 Å². The Balaban J connectivity index is 0.000000647. The lowest BCUT2D eigenvalue weighted by molar-refractivity contribution is 0.318. The van der Waals surface area contributed by atoms with E-state index in [0.29, 0.717) is 11.7 Å². The Morgan fingerprint density at radius 2 is 1.92 bits per heavy atom. The maximum atomic E-state index is 7.57. The van der Waals surface area contributed by atoms with Crippen LogP contribution in [0.25, 0.3) is 5.65 Å². The lowest BCUT2D eigenvalue weighted by atomic mass is 10.1. The van der Waals surface area contributed by atoms with Crippen molar-refractivity contribution in [1.29, 1.82) is 0 Å². The number of nitrogens with two attached hydrogens (primary N) is 1. The first-order valence-electron chi connectivity index (χ1n) is 8.09. The van der Waals surface area contributed by atoms with Crippen molar-refractivity contribution >= 4 is 17.3 Å². The third-order valence-corrected chi connectivity index (χ3v) is 3.46. The van der Waals surface area contributed by atoms with E-state index in [9.17, 15) is 0 Å². The minimum atomic E-state index is 0.250. The molecule has 24 heavy (non-hydrogen) atoms. The van der Waals surface area contributed by atoms with Crippen LogP contribution in [-0.4, -0.2) is 26.3 Å². The van der Waals surface area contributed by atoms with Crippen LogP contribution < -0.4 is 11.1 Å². The van der Waals surface area contributed by atoms with Crippen LogP contribution in [0.15, 0.2) is 42.6 Å². The van der Waals surface area contributed by atoms with Crippen LogP contribution in [-0.2, 0) is 6.54 Å². The van der Waals surface area contributed by atoms with Crippen molar-refractivity contribution in [3.05, 3.63) is 53.7 Å². The molecule has 0 amide bonds. The molecular weight excluding hydrogens is 302 g/mol. The molecule has 0 aliphatic heterocycles. The number of anilines is 2. The van der Waals surface area contributed by atoms with Gasteiger partial charge in [-0.2, -0.15) is 9.61 Å². The number of nitrogens with zero attached hydrogens (tertiary/aromatic N) is 3. The zero-order valence-corrected chi connectivity index (χ0v) is 14.4. The third kappa shape index (κ3) is 4.23. The minimum absolute atomic E-state index is 0.250. The van der Waals surface area contributed by atoms with Gasteiger partial charge < -0.3 is 16.2 Å². The molecule has 2 heterocycles. The molecule has 0 bridgehead atoms. The number of aliphatic hydroxyl groups excluding tert-OH is 1. The van der Waals surface area contributed by atoms with Gasteiger partial charge in [0.25, 0.3) is 0 Å². The summed E-state index contributed by atoms with van der Waals surface area (Å²) in [6, 6.07) is 12.0. The number of nitrogen functional groups attached to an aromatic ring is 1. The topological polar surface area (TPSA) is 88.5 Å². The first-order valence-corrected chi connectivity index (χ1v) is 8.09. The molecule has 3 rings (SSSR count). The molecule has 0 saturated carbocycles. The van der Waals surface area contributed by atoms with Crippen molar-refractivity contribution in [1.82, 2.24) is 14.6 Å². The molecule has 0 atom stereocenters. The monoisotopic (exact) mass is 327 g/mol. The van der Waals surface area contributed by atoms with Crippen LogP contribution in [0.3, 0.4) is 0 Å². The predicted octanol–water partition coefficient (Wildman–Crippen LogP) is 3.05. The number of benzene rings is 1. The van der Waals surface area contributed by atoms with Crippen molar-refractivity contribution in [2.45, 2.75) is 33.2 Å². The predicted molar refractivity (Wildman–Crippen MR) is 98.0 cm³/mol. The van der Waals surface area contributed by atoms with Crippen molar-refractivity contribution in [3.8, 4) is 0 Å². The smallest absolute Gasteiger partial charge is 0.163 e. The van der Waals surface area contributed by atoms with E-state index < -0.39 is 0 Å². The molecule has 1 aromatic carbocycles. The Bertz CT molecular complexity index is 768. The standard InChI is InChI=1S/C16H19N5.C2H6O/c1-11(2)13-10-19-21-15(8-14(17)20-16(13)21)18-9-12-6-4-3-5-7-12;1-2-3/h3-8,10-11,18H,9H2,1-2H3,(H2,17,20);3H,2H2,1H3. The summed E-state index contributed by atoms with van der Waals surface area (Å²) < 4.78 is 1.81. The van der Waals surface area contributed by atoms with E-state index >= 15 is 0 Å². The number of aliphatic hydroxyl groups is 1. The van der Waals surface area contributed by atoms with Gasteiger partial charge in [0.2, 0.25) is 0 Å². The summed E-state index contributed by atoms with van der Waals surface area (Å²) in [5, 5.41) is 15.4. The molecule has 0 radical (unpaired) electrons. The van der Waals surface area contributed by atoms with E-state index in [1.54, 1.807) is 6.92 Å². The van der Waals surface area contributed by atoms with Gasteiger partial charge in [0.05, 0.1) is 6.20 Å². The fraction of sp³-hybridized carbons (Fsp3) is 0.333. The second-order valence-corrected chi connectivity index (χ2v) is 5.71. The molecule has 3 aromatic rings. The average Bonchev–Trinajstić information content (AvgIpc) is 2.98. The van der Waals surface area contributed by atoms with E-state index in [0.717, 1.165) is 23.6 Å². The summed E-state index contributed by atoms with van der Waals surface area (Å²) in [4.78, 5) is 4.41. The Kier molecular flexibility index (Phi) is 6.14. The fourth-order valence-corrected chi connectivity index (χ4v) is 2.32. The van der Waals surface area contributed by atoms with Crippen molar-refractivity contribution in [2.24, 2.45) is 0 Å². The highest BCUT2D eigenvalue weighted by Gasteiger charge is 2.12. The van der Waals surface area contributed by atoms with Crippen LogP contribution >= 0.6 is 0 Å². The average molecular weight is 327 g/mol. The molecule has 128 valence electrons. The van der Waals surface area contributed by atoms with Gasteiger partial charge in [-0.3, -0.25) is 0 Å². The van der Waals surface area contributed by atoms with E-state index in [-0.39, 0.29) is 6.61 Å². The molecule has 2 aromatic heterocycles. The second kappa shape index (κ2) is 8.31. The molecule has 0 spiro atoms. The number of aromatic nitrogens is 3. The molecule has 0 fully saturated rings. The van der Waals surface area contributed by atoms with Gasteiger partial charge >= 0.3 is 0 Å². The summed E-state index contributed by atoms with van der Waals surface area (Å²) in [5.74, 6) is 1.72. The zero-order chi connectivity index (χ0) is 17.5. The molecule has 4 N–H and O–H groups in total. The van der Waals surface area contributed by atoms with Gasteiger partial charge in [-0.05, 0) is 18.4 Å². The Morgan fingerprint density at radius 3 is 2.54 bits per heavy atom. The van der Waals surface area contributed by atoms with E-state index in [4.69, 9.17) is 10.8 Å². The van der Waals surface area contributed by atoms with Gasteiger partial charge in [-0.15, -0.1) is 0 Å². The van der Waals surface area contributed by atoms with Gasteiger partial charge in [0.15, 0.2) is 5.65 Å². The molecule has 0 unspecified atom stereocenters. The van der Waals surface area contributed by atoms with Crippen LogP contribution in [0.5, 0.6) is 0 Å². The fourth-order valence-electron chi connectivity index (χ4n) is 2.32. The largest absolute Gasteiger partial charge is 0.397 e. The van der Waals surface area contributed by atoms with Crippen molar-refractivity contribution in [3.63, 3.8) is 0 Å². The highest BCUT2D eigenvalue weighted by molar-refractivity contribution is 5.59. The number of hydrogen-bond donors (Lipinski definition) is 3. The number of rotatable bonds is 4. The van der Waals surface area contributed by atoms with Crippen molar-refractivity contribution < 1.29 is 5.11 Å². The molecule has 0 aliphatic carbocycles. The SMILES string of the molecule is CC(C)c1cnn2c(NCc3ccccc3)cc(N)nc12.CCO. The zero-order valence-electron chi connectivity index (χ0n) is 14.4. The normalized spacial score (nSPS) is 10.5. The molecule has 0 aliphatic rings. The summed E-state index contributed by atoms with van der Waals surface area (Å²) in [5.41, 5.74) is 9.06. The Labute approximate surface area is 142 Å². The summed E-state index contributed by atoms with van der Waals surface area (Å²) >= 11 is 0. The minimum Gasteiger partial charge on any atom is -0.397 e. The summed E-state index contributed by atoms with van der Waals surface area (Å²) in [6.07, 6.45) is 1.86. The van der Waals surface area contributed by atoms with Gasteiger partial charge in [-0.25, -0.2) is 4.98 Å². The number of nitrogens with one attached hydrogen (secondary N) is 1. The van der Waals surface area contributed by atoms with Gasteiger partial charge in [0, 0.05) is 24.8 Å². The lowest BCUT2D eigenvalue weighted by Gasteiger charge is -2.10. The van der Waals surface area contributed by atoms with E-state index in [1.807, 2.05) is 35.0 Å². The number of fused-ring (bicyclic) bond motifs is 1. The lowest BCUT2D eigenvalue weighted by Crippen LogP contribution is -2.07. The highest BCUT2D eigenvalue weighted by Crippen LogP contribution is 2.23. The van der Waals surface area contributed by atoms with E-state index in [2.05, 4.69) is 41.4 Å². The Hall–Kier alpha value is -2.60. The van der Waals surface area contributed by atoms with Crippen LogP contribution in [0.1, 0.15) is 37.8 Å². The third-order valence-electron chi connectivity index (χ3n) is 3.46. The van der Waals surface area contributed by atoms with E-state index in [1.165, 1.54) is 5.56 Å². The maximum absolute atomic E-state index is 7.57. The first-order chi connectivity index (χ1) is 11.6. The van der Waals surface area contributed by atoms with Crippen LogP contribution in [0.4, 0.5) is 11.6 Å². The molecule has 0 saturated heterocycles. The maximum Gasteiger partial charge on any atom is 0.163 e. The summed E-state index contributed by atoms with van der Waals surface area (Å²) in [7, 11) is 0. The molecule has 6 heteroatoms. The summed E-state index contributed by atoms with van der Waals surface area (Å²) in [6.45, 7) is 6.90. The highest BCUT2D eigenvalue weighted by atomic mass is 16.2. The number of hydrogen-bond acceptors (Lipinski definition) is 5. The first kappa shape index (κ1) is 17.7. The van der Waals surface area contributed by atoms with Crippen LogP contribution in [0, 0.1) is 0 Å².